The molecule has 0 amide bonds. The Labute approximate surface area is 122 Å². The zero-order chi connectivity index (χ0) is 14.7. The molecule has 1 aliphatic rings. The number of hydrogen-bond donors (Lipinski definition) is 1. The summed E-state index contributed by atoms with van der Waals surface area (Å²) in [7, 11) is 0. The normalized spacial score (nSPS) is 25.1. The summed E-state index contributed by atoms with van der Waals surface area (Å²) in [4.78, 5) is 10.5. The molecule has 3 atom stereocenters. The number of rotatable bonds is 6. The number of ether oxygens (including phenoxy) is 2. The second-order valence-corrected chi connectivity index (χ2v) is 5.20. The lowest BCUT2D eigenvalue weighted by Gasteiger charge is -2.41. The van der Waals surface area contributed by atoms with E-state index in [1.54, 1.807) is 6.07 Å². The Hall–Kier alpha value is -1.37. The maximum absolute atomic E-state index is 11.0. The molecular formula is C13H17ClN2O4. The van der Waals surface area contributed by atoms with Crippen LogP contribution >= 0.6 is 11.6 Å². The fourth-order valence-electron chi connectivity index (χ4n) is 2.11. The molecule has 6 nitrogen and oxygen atoms in total. The van der Waals surface area contributed by atoms with Crippen LogP contribution in [0.3, 0.4) is 0 Å². The van der Waals surface area contributed by atoms with E-state index in [-0.39, 0.29) is 29.7 Å². The lowest BCUT2D eigenvalue weighted by molar-refractivity contribution is -0.386. The van der Waals surface area contributed by atoms with Crippen LogP contribution in [0.4, 0.5) is 5.69 Å². The van der Waals surface area contributed by atoms with Gasteiger partial charge in [0.05, 0.1) is 4.92 Å². The monoisotopic (exact) mass is 300 g/mol. The Morgan fingerprint density at radius 2 is 2.30 bits per heavy atom. The Balaban J connectivity index is 2.08. The van der Waals surface area contributed by atoms with Gasteiger partial charge in [-0.3, -0.25) is 10.1 Å². The third-order valence-corrected chi connectivity index (χ3v) is 3.44. The molecular weight excluding hydrogens is 284 g/mol. The van der Waals surface area contributed by atoms with Gasteiger partial charge in [-0.15, -0.1) is 0 Å². The summed E-state index contributed by atoms with van der Waals surface area (Å²) in [6.45, 7) is 2.60. The van der Waals surface area contributed by atoms with E-state index in [9.17, 15) is 10.1 Å². The van der Waals surface area contributed by atoms with E-state index in [1.807, 2.05) is 6.92 Å². The topological polar surface area (TPSA) is 87.6 Å². The van der Waals surface area contributed by atoms with Crippen molar-refractivity contribution in [1.29, 1.82) is 0 Å². The van der Waals surface area contributed by atoms with Crippen LogP contribution in [-0.2, 0) is 4.74 Å². The number of nitro benzene ring substituents is 1. The van der Waals surface area contributed by atoms with Gasteiger partial charge in [0.15, 0.2) is 5.75 Å². The van der Waals surface area contributed by atoms with Crippen LogP contribution in [0.25, 0.3) is 0 Å². The molecule has 0 heterocycles. The average Bonchev–Trinajstić information content (AvgIpc) is 2.40. The first kappa shape index (κ1) is 15.0. The molecule has 20 heavy (non-hydrogen) atoms. The minimum atomic E-state index is -0.512. The lowest BCUT2D eigenvalue weighted by Crippen LogP contribution is -2.59. The van der Waals surface area contributed by atoms with Crippen LogP contribution in [-0.4, -0.2) is 29.8 Å². The summed E-state index contributed by atoms with van der Waals surface area (Å²) in [5.41, 5.74) is 5.72. The zero-order valence-corrected chi connectivity index (χ0v) is 11.9. The van der Waals surface area contributed by atoms with Gasteiger partial charge in [-0.05, 0) is 18.6 Å². The second kappa shape index (κ2) is 6.39. The van der Waals surface area contributed by atoms with E-state index in [2.05, 4.69) is 0 Å². The van der Waals surface area contributed by atoms with E-state index >= 15 is 0 Å². The quantitative estimate of drug-likeness (QED) is 0.644. The molecule has 0 spiro atoms. The maximum Gasteiger partial charge on any atom is 0.312 e. The molecule has 0 aromatic heterocycles. The van der Waals surface area contributed by atoms with Gasteiger partial charge >= 0.3 is 5.69 Å². The maximum atomic E-state index is 11.0. The highest BCUT2D eigenvalue weighted by atomic mass is 35.5. The SMILES string of the molecule is CCCOC1C(N)CC1Oc1ccc(Cl)cc1[N+](=O)[O-]. The predicted octanol–water partition coefficient (Wildman–Crippen LogP) is 2.52. The molecule has 2 rings (SSSR count). The Bertz CT molecular complexity index is 497. The number of nitrogens with zero attached hydrogens (tertiary/aromatic N) is 1. The van der Waals surface area contributed by atoms with Gasteiger partial charge in [0.25, 0.3) is 0 Å². The number of nitro groups is 1. The molecule has 0 bridgehead atoms. The number of halogens is 1. The average molecular weight is 301 g/mol. The first-order valence-corrected chi connectivity index (χ1v) is 6.88. The summed E-state index contributed by atoms with van der Waals surface area (Å²) in [5, 5.41) is 11.3. The highest BCUT2D eigenvalue weighted by Crippen LogP contribution is 2.34. The molecule has 0 saturated heterocycles. The van der Waals surface area contributed by atoms with Crippen molar-refractivity contribution < 1.29 is 14.4 Å². The summed E-state index contributed by atoms with van der Waals surface area (Å²) >= 11 is 5.76. The molecule has 2 N–H and O–H groups in total. The van der Waals surface area contributed by atoms with Gasteiger partial charge in [-0.25, -0.2) is 0 Å². The standard InChI is InChI=1S/C13H17ClN2O4/c1-2-5-19-13-9(15)7-12(13)20-11-4-3-8(14)6-10(11)16(17)18/h3-4,6,9,12-13H,2,5,7,15H2,1H3. The molecule has 0 aliphatic heterocycles. The van der Waals surface area contributed by atoms with E-state index < -0.39 is 4.92 Å². The van der Waals surface area contributed by atoms with Gasteiger partial charge in [0.1, 0.15) is 12.2 Å². The van der Waals surface area contributed by atoms with Crippen LogP contribution in [0.2, 0.25) is 5.02 Å². The summed E-state index contributed by atoms with van der Waals surface area (Å²) in [6, 6.07) is 4.25. The summed E-state index contributed by atoms with van der Waals surface area (Å²) < 4.78 is 11.3. The Morgan fingerprint density at radius 1 is 1.55 bits per heavy atom. The molecule has 1 saturated carbocycles. The molecule has 7 heteroatoms. The van der Waals surface area contributed by atoms with Crippen LogP contribution in [0.5, 0.6) is 5.75 Å². The predicted molar refractivity (Wildman–Crippen MR) is 75.1 cm³/mol. The van der Waals surface area contributed by atoms with Gasteiger partial charge in [-0.1, -0.05) is 18.5 Å². The van der Waals surface area contributed by atoms with Crippen molar-refractivity contribution in [3.63, 3.8) is 0 Å². The third kappa shape index (κ3) is 3.20. The van der Waals surface area contributed by atoms with Crippen LogP contribution in [0, 0.1) is 10.1 Å². The van der Waals surface area contributed by atoms with Crippen LogP contribution < -0.4 is 10.5 Å². The highest BCUT2D eigenvalue weighted by molar-refractivity contribution is 6.30. The molecule has 1 aromatic carbocycles. The molecule has 1 aromatic rings. The highest BCUT2D eigenvalue weighted by Gasteiger charge is 2.42. The first-order chi connectivity index (χ1) is 9.52. The largest absolute Gasteiger partial charge is 0.481 e. The van der Waals surface area contributed by atoms with Crippen LogP contribution in [0.1, 0.15) is 19.8 Å². The first-order valence-electron chi connectivity index (χ1n) is 6.50. The van der Waals surface area contributed by atoms with E-state index in [1.165, 1.54) is 12.1 Å². The number of hydrogen-bond acceptors (Lipinski definition) is 5. The van der Waals surface area contributed by atoms with Crippen molar-refractivity contribution in [1.82, 2.24) is 0 Å². The zero-order valence-electron chi connectivity index (χ0n) is 11.1. The van der Waals surface area contributed by atoms with Gasteiger partial charge in [-0.2, -0.15) is 0 Å². The van der Waals surface area contributed by atoms with Crippen molar-refractivity contribution in [2.75, 3.05) is 6.61 Å². The fraction of sp³-hybridized carbons (Fsp3) is 0.538. The molecule has 0 radical (unpaired) electrons. The molecule has 1 fully saturated rings. The van der Waals surface area contributed by atoms with Gasteiger partial charge in [0.2, 0.25) is 0 Å². The van der Waals surface area contributed by atoms with Gasteiger partial charge < -0.3 is 15.2 Å². The molecule has 1 aliphatic carbocycles. The van der Waals surface area contributed by atoms with Crippen molar-refractivity contribution in [2.24, 2.45) is 5.73 Å². The van der Waals surface area contributed by atoms with Crippen molar-refractivity contribution in [3.05, 3.63) is 33.3 Å². The smallest absolute Gasteiger partial charge is 0.312 e. The summed E-state index contributed by atoms with van der Waals surface area (Å²) in [5.74, 6) is 0.196. The van der Waals surface area contributed by atoms with Crippen molar-refractivity contribution in [3.8, 4) is 5.75 Å². The second-order valence-electron chi connectivity index (χ2n) is 4.76. The van der Waals surface area contributed by atoms with E-state index in [4.69, 9.17) is 26.8 Å². The van der Waals surface area contributed by atoms with Crippen LogP contribution in [0.15, 0.2) is 18.2 Å². The lowest BCUT2D eigenvalue weighted by atomic mass is 9.86. The van der Waals surface area contributed by atoms with E-state index in [0.717, 1.165) is 6.42 Å². The fourth-order valence-corrected chi connectivity index (χ4v) is 2.28. The Morgan fingerprint density at radius 3 is 2.90 bits per heavy atom. The minimum absolute atomic E-state index is 0.0853. The Kier molecular flexibility index (Phi) is 4.80. The number of benzene rings is 1. The summed E-state index contributed by atoms with van der Waals surface area (Å²) in [6.07, 6.45) is 1.03. The van der Waals surface area contributed by atoms with Gasteiger partial charge in [0, 0.05) is 30.2 Å². The van der Waals surface area contributed by atoms with Crippen molar-refractivity contribution in [2.45, 2.75) is 38.0 Å². The molecule has 110 valence electrons. The van der Waals surface area contributed by atoms with Crippen molar-refractivity contribution >= 4 is 17.3 Å². The van der Waals surface area contributed by atoms with E-state index in [0.29, 0.717) is 18.1 Å². The molecule has 3 unspecified atom stereocenters. The third-order valence-electron chi connectivity index (χ3n) is 3.20. The number of nitrogens with two attached hydrogens (primary N) is 1. The minimum Gasteiger partial charge on any atom is -0.481 e.